The van der Waals surface area contributed by atoms with E-state index in [1.165, 1.54) is 11.0 Å². The average Bonchev–Trinajstić information content (AvgIpc) is 2.97. The molecule has 2 aliphatic rings. The summed E-state index contributed by atoms with van der Waals surface area (Å²) in [5, 5.41) is 10.4. The molecule has 0 spiro atoms. The summed E-state index contributed by atoms with van der Waals surface area (Å²) >= 11 is 0. The van der Waals surface area contributed by atoms with Crippen LogP contribution in [0.3, 0.4) is 0 Å². The third-order valence-electron chi connectivity index (χ3n) is 6.29. The fourth-order valence-electron chi connectivity index (χ4n) is 4.32. The summed E-state index contributed by atoms with van der Waals surface area (Å²) in [6, 6.07) is 3.66. The highest BCUT2D eigenvalue weighted by atomic mass is 19.4. The van der Waals surface area contributed by atoms with Gasteiger partial charge in [-0.15, -0.1) is 0 Å². The third-order valence-corrected chi connectivity index (χ3v) is 6.29. The molecule has 0 unspecified atom stereocenters. The highest BCUT2D eigenvalue weighted by molar-refractivity contribution is 5.93. The van der Waals surface area contributed by atoms with Crippen molar-refractivity contribution in [2.24, 2.45) is 0 Å². The van der Waals surface area contributed by atoms with Gasteiger partial charge in [0.25, 0.3) is 0 Å². The molecule has 0 N–H and O–H groups in total. The number of hydrogen-bond donors (Lipinski definition) is 0. The lowest BCUT2D eigenvalue weighted by molar-refractivity contribution is -0.169. The Kier molecular flexibility index (Phi) is 5.13. The first kappa shape index (κ1) is 20.5. The molecular weight excluding hydrogens is 394 g/mol. The van der Waals surface area contributed by atoms with Gasteiger partial charge in [0.15, 0.2) is 0 Å². The van der Waals surface area contributed by atoms with Crippen molar-refractivity contribution in [3.05, 3.63) is 53.0 Å². The second-order valence-corrected chi connectivity index (χ2v) is 7.95. The number of halogens is 4. The lowest BCUT2D eigenvalue weighted by atomic mass is 9.92. The van der Waals surface area contributed by atoms with Gasteiger partial charge in [0, 0.05) is 18.0 Å². The van der Waals surface area contributed by atoms with Crippen molar-refractivity contribution in [1.82, 2.24) is 9.47 Å². The van der Waals surface area contributed by atoms with E-state index in [2.05, 4.69) is 6.07 Å². The van der Waals surface area contributed by atoms with Gasteiger partial charge in [-0.25, -0.2) is 4.39 Å². The summed E-state index contributed by atoms with van der Waals surface area (Å²) in [5.41, 5.74) is 2.32. The van der Waals surface area contributed by atoms with Crippen molar-refractivity contribution in [2.45, 2.75) is 57.8 Å². The van der Waals surface area contributed by atoms with E-state index in [4.69, 9.17) is 0 Å². The van der Waals surface area contributed by atoms with Gasteiger partial charge < -0.3 is 9.47 Å². The number of benzene rings is 1. The van der Waals surface area contributed by atoms with Gasteiger partial charge in [0.1, 0.15) is 17.9 Å². The first-order chi connectivity index (χ1) is 14.3. The molecule has 0 radical (unpaired) electrons. The highest BCUT2D eigenvalue weighted by Crippen LogP contribution is 2.43. The number of nitriles is 1. The van der Waals surface area contributed by atoms with Gasteiger partial charge in [-0.2, -0.15) is 18.4 Å². The Labute approximate surface area is 172 Å². The van der Waals surface area contributed by atoms with Gasteiger partial charge in [-0.1, -0.05) is 19.1 Å². The summed E-state index contributed by atoms with van der Waals surface area (Å²) in [6.07, 6.45) is 3.91. The molecule has 0 bridgehead atoms. The summed E-state index contributed by atoms with van der Waals surface area (Å²) in [4.78, 5) is 1.28. The molecule has 0 saturated heterocycles. The number of allylic oxidation sites excluding steroid dienone is 2. The summed E-state index contributed by atoms with van der Waals surface area (Å²) in [5.74, 6) is -0.392. The van der Waals surface area contributed by atoms with E-state index < -0.39 is 18.0 Å². The van der Waals surface area contributed by atoms with Gasteiger partial charge in [-0.3, -0.25) is 0 Å². The van der Waals surface area contributed by atoms with Crippen LogP contribution < -0.4 is 0 Å². The second kappa shape index (κ2) is 7.50. The van der Waals surface area contributed by atoms with Crippen molar-refractivity contribution in [2.75, 3.05) is 6.54 Å². The van der Waals surface area contributed by atoms with E-state index in [1.54, 1.807) is 24.3 Å². The zero-order valence-corrected chi connectivity index (χ0v) is 16.9. The molecule has 2 aromatic rings. The molecule has 1 aromatic heterocycles. The second-order valence-electron chi connectivity index (χ2n) is 7.95. The van der Waals surface area contributed by atoms with Gasteiger partial charge in [0.05, 0.1) is 22.5 Å². The minimum atomic E-state index is -4.41. The van der Waals surface area contributed by atoms with E-state index in [0.717, 1.165) is 31.7 Å². The van der Waals surface area contributed by atoms with E-state index in [0.29, 0.717) is 28.8 Å². The number of aromatic nitrogens is 1. The van der Waals surface area contributed by atoms with Crippen LogP contribution >= 0.6 is 0 Å². The standard InChI is InChI=1S/C23H23F4N3/c1-3-15-11-21-17(12-19(15)24)18(13-28)22(30(21)16-7-6-8-16)20-9-4-5-10-29(20)14(2)23(25,26)27/h4-5,9,11-12,14,16H,3,6-8,10H2,1-2H3/t14-/m1/s1. The average molecular weight is 417 g/mol. The minimum absolute atomic E-state index is 0.0922. The monoisotopic (exact) mass is 417 g/mol. The summed E-state index contributed by atoms with van der Waals surface area (Å²) in [6.45, 7) is 3.08. The van der Waals surface area contributed by atoms with Crippen LogP contribution in [0.1, 0.15) is 56.0 Å². The van der Waals surface area contributed by atoms with Crippen LogP contribution in [0.2, 0.25) is 0 Å². The Morgan fingerprint density at radius 3 is 2.57 bits per heavy atom. The quantitative estimate of drug-likeness (QED) is 0.563. The van der Waals surface area contributed by atoms with E-state index in [-0.39, 0.29) is 18.2 Å². The maximum absolute atomic E-state index is 14.6. The van der Waals surface area contributed by atoms with Crippen LogP contribution in [-0.2, 0) is 6.42 Å². The zero-order valence-electron chi connectivity index (χ0n) is 16.9. The lowest BCUT2D eigenvalue weighted by Gasteiger charge is -2.37. The van der Waals surface area contributed by atoms with E-state index in [1.807, 2.05) is 11.5 Å². The van der Waals surface area contributed by atoms with Crippen molar-refractivity contribution >= 4 is 16.6 Å². The molecule has 1 saturated carbocycles. The predicted molar refractivity (Wildman–Crippen MR) is 108 cm³/mol. The van der Waals surface area contributed by atoms with E-state index >= 15 is 0 Å². The number of fused-ring (bicyclic) bond motifs is 1. The number of nitrogens with zero attached hydrogens (tertiary/aromatic N) is 3. The maximum Gasteiger partial charge on any atom is 0.408 e. The molecule has 1 aromatic carbocycles. The van der Waals surface area contributed by atoms with Crippen molar-refractivity contribution < 1.29 is 17.6 Å². The normalized spacial score (nSPS) is 18.3. The van der Waals surface area contributed by atoms with Gasteiger partial charge >= 0.3 is 6.18 Å². The molecular formula is C23H23F4N3. The van der Waals surface area contributed by atoms with Crippen LogP contribution in [0, 0.1) is 17.1 Å². The molecule has 1 aliphatic heterocycles. The molecule has 1 atom stereocenters. The highest BCUT2D eigenvalue weighted by Gasteiger charge is 2.42. The first-order valence-electron chi connectivity index (χ1n) is 10.2. The Balaban J connectivity index is 2.01. The fraction of sp³-hybridized carbons (Fsp3) is 0.435. The fourth-order valence-corrected chi connectivity index (χ4v) is 4.32. The first-order valence-corrected chi connectivity index (χ1v) is 10.2. The van der Waals surface area contributed by atoms with Crippen molar-refractivity contribution in [3.63, 3.8) is 0 Å². The molecule has 3 nitrogen and oxygen atoms in total. The van der Waals surface area contributed by atoms with Crippen molar-refractivity contribution in [1.29, 1.82) is 5.26 Å². The molecule has 4 rings (SSSR count). The molecule has 158 valence electrons. The van der Waals surface area contributed by atoms with Crippen LogP contribution in [0.5, 0.6) is 0 Å². The minimum Gasteiger partial charge on any atom is -0.354 e. The molecule has 1 aliphatic carbocycles. The van der Waals surface area contributed by atoms with Crippen LogP contribution in [0.4, 0.5) is 17.6 Å². The van der Waals surface area contributed by atoms with Crippen LogP contribution in [0.25, 0.3) is 16.6 Å². The molecule has 30 heavy (non-hydrogen) atoms. The number of alkyl halides is 3. The number of hydrogen-bond acceptors (Lipinski definition) is 2. The predicted octanol–water partition coefficient (Wildman–Crippen LogP) is 6.10. The number of rotatable bonds is 4. The molecule has 0 amide bonds. The van der Waals surface area contributed by atoms with Crippen LogP contribution in [0.15, 0.2) is 30.4 Å². The Morgan fingerprint density at radius 2 is 2.00 bits per heavy atom. The van der Waals surface area contributed by atoms with Gasteiger partial charge in [-0.05, 0) is 56.4 Å². The largest absolute Gasteiger partial charge is 0.408 e. The third kappa shape index (κ3) is 3.19. The Morgan fingerprint density at radius 1 is 1.27 bits per heavy atom. The Hall–Kier alpha value is -2.75. The smallest absolute Gasteiger partial charge is 0.354 e. The van der Waals surface area contributed by atoms with Crippen molar-refractivity contribution in [3.8, 4) is 6.07 Å². The summed E-state index contributed by atoms with van der Waals surface area (Å²) < 4.78 is 57.3. The molecule has 2 heterocycles. The van der Waals surface area contributed by atoms with Crippen LogP contribution in [-0.4, -0.2) is 28.2 Å². The lowest BCUT2D eigenvalue weighted by Crippen LogP contribution is -2.43. The number of aryl methyl sites for hydroxylation is 1. The SMILES string of the molecule is CCc1cc2c(cc1F)c(C#N)c(C1=CC=CCN1[C@H](C)C(F)(F)F)n2C1CCC1. The summed E-state index contributed by atoms with van der Waals surface area (Å²) in [7, 11) is 0. The molecule has 1 fully saturated rings. The Bertz CT molecular complexity index is 1080. The zero-order chi connectivity index (χ0) is 21.6. The molecule has 7 heteroatoms. The van der Waals surface area contributed by atoms with Gasteiger partial charge in [0.2, 0.25) is 0 Å². The topological polar surface area (TPSA) is 32.0 Å². The van der Waals surface area contributed by atoms with E-state index in [9.17, 15) is 22.8 Å². The maximum atomic E-state index is 14.6.